The van der Waals surface area contributed by atoms with E-state index in [4.69, 9.17) is 0 Å². The summed E-state index contributed by atoms with van der Waals surface area (Å²) in [7, 11) is 0. The van der Waals surface area contributed by atoms with Gasteiger partial charge in [0.1, 0.15) is 0 Å². The maximum Gasteiger partial charge on any atom is 0.253 e. The summed E-state index contributed by atoms with van der Waals surface area (Å²) in [5.41, 5.74) is 2.15. The maximum absolute atomic E-state index is 12.5. The third-order valence-corrected chi connectivity index (χ3v) is 6.53. The Balaban J connectivity index is 2.04. The highest BCUT2D eigenvalue weighted by Gasteiger charge is 2.18. The molecule has 2 rings (SSSR count). The molecule has 4 heteroatoms. The number of thioether (sulfide) groups is 2. The van der Waals surface area contributed by atoms with Crippen LogP contribution >= 0.6 is 23.5 Å². The second-order valence-corrected chi connectivity index (χ2v) is 8.51. The zero-order valence-corrected chi connectivity index (χ0v) is 14.8. The third kappa shape index (κ3) is 4.68. The fourth-order valence-electron chi connectivity index (χ4n) is 2.44. The molecule has 1 saturated heterocycles. The molecule has 21 heavy (non-hydrogen) atoms. The van der Waals surface area contributed by atoms with Gasteiger partial charge in [0, 0.05) is 18.7 Å². The maximum atomic E-state index is 12.5. The summed E-state index contributed by atoms with van der Waals surface area (Å²) >= 11 is 4.03. The van der Waals surface area contributed by atoms with Gasteiger partial charge in [-0.1, -0.05) is 26.0 Å². The van der Waals surface area contributed by atoms with Gasteiger partial charge in [0.2, 0.25) is 0 Å². The van der Waals surface area contributed by atoms with Crippen LogP contribution in [0.5, 0.6) is 0 Å². The first kappa shape index (κ1) is 16.8. The van der Waals surface area contributed by atoms with Gasteiger partial charge in [-0.05, 0) is 48.5 Å². The van der Waals surface area contributed by atoms with Crippen LogP contribution in [0.25, 0.3) is 0 Å². The summed E-state index contributed by atoms with van der Waals surface area (Å²) in [6.45, 7) is 7.94. The van der Waals surface area contributed by atoms with Crippen molar-refractivity contribution >= 4 is 29.4 Å². The SMILES string of the molecule is CCN(CC(C)C)C(=O)c1ccc(C2SCCCS2)cc1. The molecule has 0 spiro atoms. The molecule has 0 saturated carbocycles. The number of nitrogens with zero attached hydrogens (tertiary/aromatic N) is 1. The van der Waals surface area contributed by atoms with Crippen molar-refractivity contribution in [3.05, 3.63) is 35.4 Å². The molecule has 1 aliphatic heterocycles. The van der Waals surface area contributed by atoms with Gasteiger partial charge in [0.25, 0.3) is 5.91 Å². The van der Waals surface area contributed by atoms with E-state index in [1.807, 2.05) is 47.5 Å². The van der Waals surface area contributed by atoms with E-state index in [9.17, 15) is 4.79 Å². The van der Waals surface area contributed by atoms with Crippen LogP contribution in [-0.2, 0) is 0 Å². The highest BCUT2D eigenvalue weighted by molar-refractivity contribution is 8.16. The number of hydrogen-bond acceptors (Lipinski definition) is 3. The van der Waals surface area contributed by atoms with Gasteiger partial charge in [-0.25, -0.2) is 0 Å². The number of benzene rings is 1. The molecular weight excluding hydrogens is 298 g/mol. The Morgan fingerprint density at radius 1 is 1.24 bits per heavy atom. The average Bonchev–Trinajstić information content (AvgIpc) is 2.53. The fourth-order valence-corrected chi connectivity index (χ4v) is 5.34. The average molecular weight is 324 g/mol. The molecule has 1 aliphatic rings. The van der Waals surface area contributed by atoms with Crippen LogP contribution in [0.15, 0.2) is 24.3 Å². The van der Waals surface area contributed by atoms with Crippen LogP contribution in [0.2, 0.25) is 0 Å². The molecule has 0 aliphatic carbocycles. The van der Waals surface area contributed by atoms with Crippen molar-refractivity contribution < 1.29 is 4.79 Å². The first-order valence-corrected chi connectivity index (χ1v) is 9.84. The molecule has 1 amide bonds. The number of carbonyl (C=O) groups is 1. The van der Waals surface area contributed by atoms with E-state index < -0.39 is 0 Å². The molecule has 0 atom stereocenters. The highest BCUT2D eigenvalue weighted by atomic mass is 32.2. The molecule has 0 radical (unpaired) electrons. The van der Waals surface area contributed by atoms with Crippen molar-refractivity contribution in [2.45, 2.75) is 31.8 Å². The predicted octanol–water partition coefficient (Wildman–Crippen LogP) is 4.67. The molecule has 0 aromatic heterocycles. The Morgan fingerprint density at radius 3 is 2.38 bits per heavy atom. The Kier molecular flexibility index (Phi) is 6.49. The molecular formula is C17H25NOS2. The molecule has 0 bridgehead atoms. The van der Waals surface area contributed by atoms with Crippen LogP contribution in [0.1, 0.15) is 47.7 Å². The zero-order valence-electron chi connectivity index (χ0n) is 13.2. The van der Waals surface area contributed by atoms with E-state index in [0.717, 1.165) is 18.7 Å². The van der Waals surface area contributed by atoms with Crippen molar-refractivity contribution in [1.29, 1.82) is 0 Å². The van der Waals surface area contributed by atoms with E-state index in [1.54, 1.807) is 0 Å². The summed E-state index contributed by atoms with van der Waals surface area (Å²) in [5, 5.41) is 0. The molecule has 0 unspecified atom stereocenters. The minimum atomic E-state index is 0.154. The van der Waals surface area contributed by atoms with E-state index in [0.29, 0.717) is 10.5 Å². The summed E-state index contributed by atoms with van der Waals surface area (Å²) in [6, 6.07) is 8.26. The van der Waals surface area contributed by atoms with Crippen LogP contribution in [-0.4, -0.2) is 35.4 Å². The monoisotopic (exact) mass is 323 g/mol. The fraction of sp³-hybridized carbons (Fsp3) is 0.588. The second-order valence-electron chi connectivity index (χ2n) is 5.79. The third-order valence-electron chi connectivity index (χ3n) is 3.51. The summed E-state index contributed by atoms with van der Waals surface area (Å²) < 4.78 is 0.542. The summed E-state index contributed by atoms with van der Waals surface area (Å²) in [6.07, 6.45) is 1.31. The molecule has 1 aromatic carbocycles. The largest absolute Gasteiger partial charge is 0.339 e. The van der Waals surface area contributed by atoms with Crippen molar-refractivity contribution in [1.82, 2.24) is 4.90 Å². The molecule has 116 valence electrons. The lowest BCUT2D eigenvalue weighted by Gasteiger charge is -2.24. The van der Waals surface area contributed by atoms with Crippen LogP contribution in [0.4, 0.5) is 0 Å². The standard InChI is InChI=1S/C17H25NOS2/c1-4-18(12-13(2)3)16(19)14-6-8-15(9-7-14)17-20-10-5-11-21-17/h6-9,13,17H,4-5,10-12H2,1-3H3. The topological polar surface area (TPSA) is 20.3 Å². The number of rotatable bonds is 5. The lowest BCUT2D eigenvalue weighted by Crippen LogP contribution is -2.33. The van der Waals surface area contributed by atoms with Crippen LogP contribution in [0.3, 0.4) is 0 Å². The predicted molar refractivity (Wildman–Crippen MR) is 95.1 cm³/mol. The Bertz CT molecular complexity index is 452. The lowest BCUT2D eigenvalue weighted by molar-refractivity contribution is 0.0746. The van der Waals surface area contributed by atoms with Gasteiger partial charge in [-0.3, -0.25) is 4.79 Å². The molecule has 1 fully saturated rings. The van der Waals surface area contributed by atoms with Gasteiger partial charge in [0.15, 0.2) is 0 Å². The second kappa shape index (κ2) is 8.14. The van der Waals surface area contributed by atoms with Gasteiger partial charge >= 0.3 is 0 Å². The smallest absolute Gasteiger partial charge is 0.253 e. The van der Waals surface area contributed by atoms with E-state index >= 15 is 0 Å². The number of carbonyl (C=O) groups excluding carboxylic acids is 1. The van der Waals surface area contributed by atoms with Crippen molar-refractivity contribution in [3.63, 3.8) is 0 Å². The molecule has 1 heterocycles. The van der Waals surface area contributed by atoms with Gasteiger partial charge in [-0.2, -0.15) is 0 Å². The number of hydrogen-bond donors (Lipinski definition) is 0. The van der Waals surface area contributed by atoms with E-state index in [2.05, 4.69) is 26.0 Å². The normalized spacial score (nSPS) is 16.2. The zero-order chi connectivity index (χ0) is 15.2. The first-order valence-electron chi connectivity index (χ1n) is 7.74. The van der Waals surface area contributed by atoms with Crippen LogP contribution < -0.4 is 0 Å². The van der Waals surface area contributed by atoms with E-state index in [1.165, 1.54) is 23.5 Å². The molecule has 2 nitrogen and oxygen atoms in total. The van der Waals surface area contributed by atoms with Gasteiger partial charge < -0.3 is 4.90 Å². The highest BCUT2D eigenvalue weighted by Crippen LogP contribution is 2.43. The lowest BCUT2D eigenvalue weighted by atomic mass is 10.1. The quantitative estimate of drug-likeness (QED) is 0.785. The summed E-state index contributed by atoms with van der Waals surface area (Å²) in [5.74, 6) is 3.15. The van der Waals surface area contributed by atoms with Crippen molar-refractivity contribution in [2.75, 3.05) is 24.6 Å². The molecule has 0 N–H and O–H groups in total. The molecule has 1 aromatic rings. The van der Waals surface area contributed by atoms with Crippen LogP contribution in [0, 0.1) is 5.92 Å². The minimum absolute atomic E-state index is 0.154. The Morgan fingerprint density at radius 2 is 1.86 bits per heavy atom. The van der Waals surface area contributed by atoms with Crippen molar-refractivity contribution in [2.24, 2.45) is 5.92 Å². The summed E-state index contributed by atoms with van der Waals surface area (Å²) in [4.78, 5) is 14.4. The Hall–Kier alpha value is -0.610. The van der Waals surface area contributed by atoms with E-state index in [-0.39, 0.29) is 5.91 Å². The van der Waals surface area contributed by atoms with Crippen molar-refractivity contribution in [3.8, 4) is 0 Å². The van der Waals surface area contributed by atoms with Gasteiger partial charge in [-0.15, -0.1) is 23.5 Å². The first-order chi connectivity index (χ1) is 10.1. The Labute approximate surface area is 137 Å². The minimum Gasteiger partial charge on any atom is -0.339 e. The number of amides is 1. The van der Waals surface area contributed by atoms with Gasteiger partial charge in [0.05, 0.1) is 4.58 Å².